The number of hydrogen-bond acceptors (Lipinski definition) is 5. The monoisotopic (exact) mass is 1690 g/mol. The molecule has 7 heteroatoms. The molecule has 4 aliphatic rings. The van der Waals surface area contributed by atoms with Crippen molar-refractivity contribution in [2.45, 2.75) is 110 Å². The zero-order chi connectivity index (χ0) is 89.6. The number of aryl methyl sites for hydroxylation is 13. The summed E-state index contributed by atoms with van der Waals surface area (Å²) in [4.78, 5) is 13.3. The Labute approximate surface area is 774 Å². The Kier molecular flexibility index (Phi) is 20.2. The maximum atomic E-state index is 2.76. The van der Waals surface area contributed by atoms with Crippen molar-refractivity contribution in [1.29, 1.82) is 0 Å². The fourth-order valence-electron chi connectivity index (χ4n) is 23.2. The number of hydrogen-bond donors (Lipinski definition) is 0. The third-order valence-electron chi connectivity index (χ3n) is 28.8. The molecule has 0 spiro atoms. The number of fused-ring (bicyclic) bond motifs is 8. The van der Waals surface area contributed by atoms with Crippen LogP contribution >= 0.6 is 0 Å². The summed E-state index contributed by atoms with van der Waals surface area (Å²) >= 11 is 0. The average molecular weight is 1690 g/mol. The van der Waals surface area contributed by atoms with E-state index in [0.29, 0.717) is 0 Å². The summed E-state index contributed by atoms with van der Waals surface area (Å²) < 4.78 is 0. The predicted octanol–water partition coefficient (Wildman–Crippen LogP) is 29.7. The molecular formula is C124H105B2N5. The molecule has 0 fully saturated rings. The molecule has 4 aliphatic heterocycles. The molecule has 0 atom stereocenters. The van der Waals surface area contributed by atoms with Crippen molar-refractivity contribution in [3.8, 4) is 89.0 Å². The van der Waals surface area contributed by atoms with E-state index in [1.54, 1.807) is 0 Å². The Balaban J connectivity index is 0.903. The summed E-state index contributed by atoms with van der Waals surface area (Å²) in [6, 6.07) is 138. The molecule has 0 aliphatic carbocycles. The Bertz CT molecular complexity index is 7500. The van der Waals surface area contributed by atoms with Crippen LogP contribution in [0.5, 0.6) is 0 Å². The van der Waals surface area contributed by atoms with Crippen LogP contribution in [-0.2, 0) is 0 Å². The highest BCUT2D eigenvalue weighted by atomic mass is 15.2. The van der Waals surface area contributed by atoms with E-state index in [9.17, 15) is 0 Å². The average Bonchev–Trinajstić information content (AvgIpc) is 0.676. The van der Waals surface area contributed by atoms with Gasteiger partial charge in [-0.1, -0.05) is 267 Å². The largest absolute Gasteiger partial charge is 0.339 e. The standard InChI is InChI=1S/C124H105B2N5/c1-75(2)127(107-63-56-93(66-88(107)15)118-80(7)36-27-37-81(118)8)100-71-114-123-115(72-100)130(97-48-23-18-24-49-97)110-74-111-106(73-105(110)125(123)104-68-95(120-84(11)40-29-41-85(120)12)58-65-109(104)129(114)99-61-54-92(55-62-99)117-78(5)34-26-35-79(117)6)126-103-67-94(119-82(9)38-28-39-83(119)10)57-64-108(103)128(98-59-52-91(53-60-98)116-76(3)32-25-33-77(116)4)112-69-96(121-86(13)42-30-43-87(121)14)70-113(122(112)126)131(111)124-101(89-44-19-16-20-45-89)50-31-51-102(124)90-46-21-17-22-47-90/h16-75H,1-15H3. The van der Waals surface area contributed by atoms with Gasteiger partial charge in [0.15, 0.2) is 0 Å². The SMILES string of the molecule is Cc1cc(-c2c(C)cccc2C)ccc1N(c1cc2c3c(c1)N(c1ccccc1)c1cc4c(cc1B3c1cc(-c3c(C)cccc3C)ccc1N2c1ccc(-c2c(C)cccc2C)cc1)B1c2cc(-c3c(C)cccc3C)ccc2N(c2ccc(-c3c(C)cccc3C)cc2)c2cc(-c3c(C)cccc3C)cc(c21)N4c1c(-c2ccccc2)cccc1-c1ccccc1)C(C)C. The van der Waals surface area contributed by atoms with Crippen LogP contribution < -0.4 is 57.3 Å². The zero-order valence-electron chi connectivity index (χ0n) is 77.5. The number of nitrogens with zero attached hydrogens (tertiary/aromatic N) is 5. The van der Waals surface area contributed by atoms with Crippen molar-refractivity contribution in [2.75, 3.05) is 24.5 Å². The molecule has 0 radical (unpaired) electrons. The maximum Gasteiger partial charge on any atom is 0.252 e. The maximum absolute atomic E-state index is 2.76. The van der Waals surface area contributed by atoms with Gasteiger partial charge in [0, 0.05) is 91.1 Å². The molecule has 0 N–H and O–H groups in total. The van der Waals surface area contributed by atoms with Crippen LogP contribution in [0.1, 0.15) is 86.2 Å². The molecule has 0 aromatic heterocycles. The van der Waals surface area contributed by atoms with E-state index in [0.717, 1.165) is 107 Å². The third kappa shape index (κ3) is 13.5. The molecule has 22 rings (SSSR count). The molecule has 0 bridgehead atoms. The first kappa shape index (κ1) is 81.8. The molecule has 4 heterocycles. The van der Waals surface area contributed by atoms with Gasteiger partial charge in [-0.2, -0.15) is 0 Å². The number of para-hydroxylation sites is 2. The highest BCUT2D eigenvalue weighted by Crippen LogP contribution is 2.56. The fraction of sp³-hybridized carbons (Fsp3) is 0.129. The molecule has 5 nitrogen and oxygen atoms in total. The lowest BCUT2D eigenvalue weighted by molar-refractivity contribution is 0.786. The van der Waals surface area contributed by atoms with Gasteiger partial charge in [0.2, 0.25) is 0 Å². The van der Waals surface area contributed by atoms with E-state index in [2.05, 4.69) is 486 Å². The lowest BCUT2D eigenvalue weighted by atomic mass is 9.30. The molecule has 18 aromatic carbocycles. The fourth-order valence-corrected chi connectivity index (χ4v) is 23.2. The smallest absolute Gasteiger partial charge is 0.252 e. The topological polar surface area (TPSA) is 16.2 Å². The first-order valence-corrected chi connectivity index (χ1v) is 46.5. The van der Waals surface area contributed by atoms with Crippen LogP contribution in [0.25, 0.3) is 89.0 Å². The Morgan fingerprint density at radius 1 is 0.206 bits per heavy atom. The normalized spacial score (nSPS) is 12.7. The molecule has 632 valence electrons. The Hall–Kier alpha value is -14.9. The number of anilines is 14. The molecule has 0 saturated heterocycles. The van der Waals surface area contributed by atoms with Crippen LogP contribution in [0, 0.1) is 90.0 Å². The van der Waals surface area contributed by atoms with Gasteiger partial charge in [-0.3, -0.25) is 0 Å². The van der Waals surface area contributed by atoms with Crippen LogP contribution in [0.2, 0.25) is 0 Å². The Morgan fingerprint density at radius 3 is 0.885 bits per heavy atom. The summed E-state index contributed by atoms with van der Waals surface area (Å²) in [5.41, 5.74) is 58.5. The van der Waals surface area contributed by atoms with E-state index in [4.69, 9.17) is 0 Å². The number of rotatable bonds is 15. The molecule has 0 unspecified atom stereocenters. The van der Waals surface area contributed by atoms with E-state index in [1.165, 1.54) is 166 Å². The lowest BCUT2D eigenvalue weighted by Gasteiger charge is -2.48. The molecule has 0 amide bonds. The van der Waals surface area contributed by atoms with Gasteiger partial charge in [-0.05, 0) is 378 Å². The van der Waals surface area contributed by atoms with Crippen molar-refractivity contribution in [2.24, 2.45) is 0 Å². The zero-order valence-corrected chi connectivity index (χ0v) is 77.5. The lowest BCUT2D eigenvalue weighted by Crippen LogP contribution is -2.65. The molecule has 18 aromatic rings. The molecule has 0 saturated carbocycles. The first-order chi connectivity index (χ1) is 63.7. The molecular weight excluding hydrogens is 1580 g/mol. The van der Waals surface area contributed by atoms with Gasteiger partial charge >= 0.3 is 0 Å². The van der Waals surface area contributed by atoms with Gasteiger partial charge in [0.05, 0.1) is 5.69 Å². The van der Waals surface area contributed by atoms with Gasteiger partial charge < -0.3 is 24.5 Å². The predicted molar refractivity (Wildman–Crippen MR) is 563 cm³/mol. The van der Waals surface area contributed by atoms with Crippen molar-refractivity contribution >= 4 is 126 Å². The van der Waals surface area contributed by atoms with E-state index < -0.39 is 0 Å². The van der Waals surface area contributed by atoms with Gasteiger partial charge in [0.1, 0.15) is 0 Å². The summed E-state index contributed by atoms with van der Waals surface area (Å²) in [6.07, 6.45) is 0. The van der Waals surface area contributed by atoms with E-state index >= 15 is 0 Å². The number of benzene rings is 18. The first-order valence-electron chi connectivity index (χ1n) is 46.5. The van der Waals surface area contributed by atoms with Gasteiger partial charge in [-0.15, -0.1) is 0 Å². The summed E-state index contributed by atoms with van der Waals surface area (Å²) in [5.74, 6) is 0. The molecule has 131 heavy (non-hydrogen) atoms. The second-order valence-corrected chi connectivity index (χ2v) is 37.5. The highest BCUT2D eigenvalue weighted by molar-refractivity contribution is 7.03. The van der Waals surface area contributed by atoms with Crippen LogP contribution in [0.4, 0.5) is 79.6 Å². The highest BCUT2D eigenvalue weighted by Gasteiger charge is 2.50. The van der Waals surface area contributed by atoms with E-state index in [1.807, 2.05) is 0 Å². The second-order valence-electron chi connectivity index (χ2n) is 37.5. The van der Waals surface area contributed by atoms with Crippen LogP contribution in [0.3, 0.4) is 0 Å². The van der Waals surface area contributed by atoms with E-state index in [-0.39, 0.29) is 19.5 Å². The minimum Gasteiger partial charge on any atom is -0.339 e. The van der Waals surface area contributed by atoms with Gasteiger partial charge in [0.25, 0.3) is 13.4 Å². The van der Waals surface area contributed by atoms with Crippen molar-refractivity contribution in [3.63, 3.8) is 0 Å². The minimum atomic E-state index is -0.342. The van der Waals surface area contributed by atoms with Crippen LogP contribution in [0.15, 0.2) is 358 Å². The minimum absolute atomic E-state index is 0.0109. The van der Waals surface area contributed by atoms with Gasteiger partial charge in [-0.25, -0.2) is 0 Å². The Morgan fingerprint density at radius 2 is 0.504 bits per heavy atom. The quantitative estimate of drug-likeness (QED) is 0.0948. The second kappa shape index (κ2) is 32.4. The van der Waals surface area contributed by atoms with Crippen molar-refractivity contribution in [1.82, 2.24) is 0 Å². The van der Waals surface area contributed by atoms with Crippen LogP contribution in [-0.4, -0.2) is 19.5 Å². The van der Waals surface area contributed by atoms with Crippen molar-refractivity contribution in [3.05, 3.63) is 430 Å². The van der Waals surface area contributed by atoms with Crippen molar-refractivity contribution < 1.29 is 0 Å². The summed E-state index contributed by atoms with van der Waals surface area (Å²) in [6.45, 7) is 33.6. The third-order valence-corrected chi connectivity index (χ3v) is 28.8. The summed E-state index contributed by atoms with van der Waals surface area (Å²) in [7, 11) is 0. The summed E-state index contributed by atoms with van der Waals surface area (Å²) in [5, 5.41) is 0.